The number of aromatic nitrogens is 3. The van der Waals surface area contributed by atoms with Gasteiger partial charge in [0.15, 0.2) is 0 Å². The fourth-order valence-electron chi connectivity index (χ4n) is 2.19. The Hall–Kier alpha value is -2.61. The van der Waals surface area contributed by atoms with Gasteiger partial charge in [-0.15, -0.1) is 5.10 Å². The molecule has 0 saturated heterocycles. The smallest absolute Gasteiger partial charge is 0.278 e. The standard InChI is InChI=1S/C16H12BrFN4O2/c1-9(15(23)19-14-7-6-10(17)8-12(14)18)22-16(24)11-4-2-3-5-13(11)20-21-22/h2-9H,1H3,(H,19,23). The summed E-state index contributed by atoms with van der Waals surface area (Å²) in [4.78, 5) is 24.8. The maximum Gasteiger partial charge on any atom is 0.278 e. The third-order valence-corrected chi connectivity index (χ3v) is 4.02. The van der Waals surface area contributed by atoms with Crippen LogP contribution in [0.5, 0.6) is 0 Å². The first-order chi connectivity index (χ1) is 11.5. The Labute approximate surface area is 144 Å². The second-order valence-corrected chi connectivity index (χ2v) is 6.06. The molecule has 122 valence electrons. The van der Waals surface area contributed by atoms with Crippen molar-refractivity contribution < 1.29 is 9.18 Å². The van der Waals surface area contributed by atoms with Crippen LogP contribution in [0.2, 0.25) is 0 Å². The topological polar surface area (TPSA) is 76.9 Å². The van der Waals surface area contributed by atoms with Gasteiger partial charge in [0, 0.05) is 4.47 Å². The third-order valence-electron chi connectivity index (χ3n) is 3.53. The van der Waals surface area contributed by atoms with Gasteiger partial charge in [-0.25, -0.2) is 4.39 Å². The highest BCUT2D eigenvalue weighted by Crippen LogP contribution is 2.20. The largest absolute Gasteiger partial charge is 0.322 e. The minimum atomic E-state index is -0.947. The van der Waals surface area contributed by atoms with E-state index in [-0.39, 0.29) is 5.69 Å². The summed E-state index contributed by atoms with van der Waals surface area (Å²) in [5.74, 6) is -1.15. The summed E-state index contributed by atoms with van der Waals surface area (Å²) < 4.78 is 15.4. The molecule has 6 nitrogen and oxygen atoms in total. The van der Waals surface area contributed by atoms with Gasteiger partial charge in [-0.1, -0.05) is 33.3 Å². The van der Waals surface area contributed by atoms with Crippen molar-refractivity contribution in [2.45, 2.75) is 13.0 Å². The van der Waals surface area contributed by atoms with Crippen LogP contribution >= 0.6 is 15.9 Å². The van der Waals surface area contributed by atoms with E-state index in [9.17, 15) is 14.0 Å². The Morgan fingerprint density at radius 2 is 2.04 bits per heavy atom. The summed E-state index contributed by atoms with van der Waals surface area (Å²) in [7, 11) is 0. The van der Waals surface area contributed by atoms with Crippen molar-refractivity contribution in [1.29, 1.82) is 0 Å². The average Bonchev–Trinajstić information content (AvgIpc) is 2.57. The molecule has 1 N–H and O–H groups in total. The normalized spacial score (nSPS) is 12.1. The Balaban J connectivity index is 1.91. The van der Waals surface area contributed by atoms with Crippen LogP contribution in [0.4, 0.5) is 10.1 Å². The highest BCUT2D eigenvalue weighted by Gasteiger charge is 2.20. The predicted octanol–water partition coefficient (Wildman–Crippen LogP) is 2.89. The molecule has 24 heavy (non-hydrogen) atoms. The molecule has 0 saturated carbocycles. The zero-order valence-corrected chi connectivity index (χ0v) is 14.1. The number of nitrogens with one attached hydrogen (secondary N) is 1. The fraction of sp³-hybridized carbons (Fsp3) is 0.125. The number of carbonyl (C=O) groups excluding carboxylic acids is 1. The molecule has 1 aromatic heterocycles. The van der Waals surface area contributed by atoms with E-state index in [2.05, 4.69) is 31.6 Å². The number of benzene rings is 2. The van der Waals surface area contributed by atoms with Gasteiger partial charge in [-0.05, 0) is 37.3 Å². The second kappa shape index (κ2) is 6.48. The number of fused-ring (bicyclic) bond motifs is 1. The van der Waals surface area contributed by atoms with Gasteiger partial charge in [0.1, 0.15) is 17.4 Å². The first kappa shape index (κ1) is 16.3. The number of amides is 1. The van der Waals surface area contributed by atoms with Gasteiger partial charge in [-0.3, -0.25) is 9.59 Å². The number of rotatable bonds is 3. The molecule has 2 aromatic carbocycles. The third kappa shape index (κ3) is 3.05. The van der Waals surface area contributed by atoms with E-state index in [0.29, 0.717) is 15.4 Å². The maximum atomic E-state index is 13.8. The van der Waals surface area contributed by atoms with E-state index in [0.717, 1.165) is 4.68 Å². The highest BCUT2D eigenvalue weighted by molar-refractivity contribution is 9.10. The lowest BCUT2D eigenvalue weighted by Crippen LogP contribution is -2.34. The Morgan fingerprint density at radius 1 is 1.29 bits per heavy atom. The van der Waals surface area contributed by atoms with Crippen LogP contribution < -0.4 is 10.9 Å². The molecule has 8 heteroatoms. The zero-order valence-electron chi connectivity index (χ0n) is 12.5. The van der Waals surface area contributed by atoms with Crippen molar-refractivity contribution in [1.82, 2.24) is 15.0 Å². The van der Waals surface area contributed by atoms with E-state index in [1.54, 1.807) is 30.3 Å². The number of anilines is 1. The summed E-state index contributed by atoms with van der Waals surface area (Å²) in [6.07, 6.45) is 0. The van der Waals surface area contributed by atoms with Crippen LogP contribution in [-0.4, -0.2) is 20.9 Å². The quantitative estimate of drug-likeness (QED) is 0.745. The number of hydrogen-bond acceptors (Lipinski definition) is 4. The number of halogens is 2. The summed E-state index contributed by atoms with van der Waals surface area (Å²) in [5, 5.41) is 10.5. The molecular weight excluding hydrogens is 379 g/mol. The molecule has 3 rings (SSSR count). The summed E-state index contributed by atoms with van der Waals surface area (Å²) in [6.45, 7) is 1.50. The molecule has 0 radical (unpaired) electrons. The lowest BCUT2D eigenvalue weighted by atomic mass is 10.2. The number of carbonyl (C=O) groups is 1. The second-order valence-electron chi connectivity index (χ2n) is 5.15. The molecule has 1 amide bonds. The molecule has 0 fully saturated rings. The van der Waals surface area contributed by atoms with Crippen LogP contribution in [0.25, 0.3) is 10.9 Å². The van der Waals surface area contributed by atoms with Crippen LogP contribution in [0.1, 0.15) is 13.0 Å². The molecule has 0 aliphatic carbocycles. The lowest BCUT2D eigenvalue weighted by Gasteiger charge is -2.14. The maximum absolute atomic E-state index is 13.8. The minimum absolute atomic E-state index is 0.0249. The monoisotopic (exact) mass is 390 g/mol. The predicted molar refractivity (Wildman–Crippen MR) is 91.2 cm³/mol. The van der Waals surface area contributed by atoms with E-state index >= 15 is 0 Å². The van der Waals surface area contributed by atoms with E-state index < -0.39 is 23.3 Å². The van der Waals surface area contributed by atoms with E-state index in [1.807, 2.05) is 0 Å². The molecule has 1 atom stereocenters. The van der Waals surface area contributed by atoms with Gasteiger partial charge < -0.3 is 5.32 Å². The molecule has 1 heterocycles. The van der Waals surface area contributed by atoms with E-state index in [1.165, 1.54) is 19.1 Å². The number of nitrogens with zero attached hydrogens (tertiary/aromatic N) is 3. The van der Waals surface area contributed by atoms with Crippen molar-refractivity contribution >= 4 is 38.4 Å². The summed E-state index contributed by atoms with van der Waals surface area (Å²) >= 11 is 3.14. The Morgan fingerprint density at radius 3 is 2.79 bits per heavy atom. The van der Waals surface area contributed by atoms with Crippen molar-refractivity contribution in [3.8, 4) is 0 Å². The first-order valence-electron chi connectivity index (χ1n) is 7.07. The van der Waals surface area contributed by atoms with Crippen LogP contribution in [0.15, 0.2) is 51.7 Å². The van der Waals surface area contributed by atoms with Gasteiger partial charge in [-0.2, -0.15) is 4.68 Å². The van der Waals surface area contributed by atoms with Crippen molar-refractivity contribution in [2.75, 3.05) is 5.32 Å². The summed E-state index contributed by atoms with van der Waals surface area (Å²) in [6, 6.07) is 10.0. The van der Waals surface area contributed by atoms with Crippen LogP contribution in [-0.2, 0) is 4.79 Å². The molecule has 0 aliphatic heterocycles. The SMILES string of the molecule is CC(C(=O)Nc1ccc(Br)cc1F)n1nnc2ccccc2c1=O. The molecule has 0 spiro atoms. The average molecular weight is 391 g/mol. The number of hydrogen-bond donors (Lipinski definition) is 1. The lowest BCUT2D eigenvalue weighted by molar-refractivity contribution is -0.119. The molecule has 1 unspecified atom stereocenters. The van der Waals surface area contributed by atoms with Gasteiger partial charge in [0.2, 0.25) is 5.91 Å². The fourth-order valence-corrected chi connectivity index (χ4v) is 2.53. The van der Waals surface area contributed by atoms with Gasteiger partial charge >= 0.3 is 0 Å². The molecule has 0 aliphatic rings. The highest BCUT2D eigenvalue weighted by atomic mass is 79.9. The van der Waals surface area contributed by atoms with Crippen molar-refractivity contribution in [2.24, 2.45) is 0 Å². The molecule has 0 bridgehead atoms. The van der Waals surface area contributed by atoms with Crippen molar-refractivity contribution in [3.63, 3.8) is 0 Å². The molecule has 3 aromatic rings. The van der Waals surface area contributed by atoms with Crippen LogP contribution in [0, 0.1) is 5.82 Å². The molecular formula is C16H12BrFN4O2. The Kier molecular flexibility index (Phi) is 4.39. The van der Waals surface area contributed by atoms with Crippen LogP contribution in [0.3, 0.4) is 0 Å². The van der Waals surface area contributed by atoms with E-state index in [4.69, 9.17) is 0 Å². The minimum Gasteiger partial charge on any atom is -0.322 e. The van der Waals surface area contributed by atoms with Gasteiger partial charge in [0.05, 0.1) is 11.1 Å². The summed E-state index contributed by atoms with van der Waals surface area (Å²) in [5.41, 5.74) is 0.0432. The Bertz CT molecular complexity index is 989. The van der Waals surface area contributed by atoms with Crippen molar-refractivity contribution in [3.05, 3.63) is 63.1 Å². The van der Waals surface area contributed by atoms with Gasteiger partial charge in [0.25, 0.3) is 5.56 Å². The zero-order chi connectivity index (χ0) is 17.3. The first-order valence-corrected chi connectivity index (χ1v) is 7.87.